The minimum absolute atomic E-state index is 0.0697. The second-order valence-electron chi connectivity index (χ2n) is 7.58. The number of aryl methyl sites for hydroxylation is 1. The van der Waals surface area contributed by atoms with Crippen LogP contribution in [0.5, 0.6) is 5.75 Å². The molecule has 2 unspecified atom stereocenters. The number of anilines is 1. The highest BCUT2D eigenvalue weighted by Gasteiger charge is 2.33. The van der Waals surface area contributed by atoms with Gasteiger partial charge in [0.25, 0.3) is 5.91 Å². The van der Waals surface area contributed by atoms with Gasteiger partial charge in [-0.25, -0.2) is 9.97 Å². The molecule has 170 valence electrons. The summed E-state index contributed by atoms with van der Waals surface area (Å²) >= 11 is -0.871. The van der Waals surface area contributed by atoms with Crippen molar-refractivity contribution < 1.29 is 27.3 Å². The lowest BCUT2D eigenvalue weighted by Gasteiger charge is -2.24. The summed E-state index contributed by atoms with van der Waals surface area (Å²) < 4.78 is 58.1. The Balaban J connectivity index is 1.67. The van der Waals surface area contributed by atoms with Gasteiger partial charge in [-0.1, -0.05) is 17.2 Å². The number of benzene rings is 1. The number of amides is 1. The molecule has 1 saturated heterocycles. The van der Waals surface area contributed by atoms with Gasteiger partial charge < -0.3 is 19.2 Å². The first-order valence-electron chi connectivity index (χ1n) is 9.92. The molecule has 0 aliphatic carbocycles. The number of alkyl halides is 3. The van der Waals surface area contributed by atoms with E-state index in [0.717, 1.165) is 30.8 Å². The van der Waals surface area contributed by atoms with Crippen LogP contribution in [0.1, 0.15) is 40.8 Å². The van der Waals surface area contributed by atoms with E-state index in [2.05, 4.69) is 10.3 Å². The fourth-order valence-corrected chi connectivity index (χ4v) is 5.28. The largest absolute Gasteiger partial charge is 0.616 e. The molecule has 2 aromatic heterocycles. The van der Waals surface area contributed by atoms with E-state index in [1.165, 1.54) is 13.2 Å². The average Bonchev–Trinajstić information content (AvgIpc) is 3.08. The van der Waals surface area contributed by atoms with Crippen molar-refractivity contribution >= 4 is 33.8 Å². The maximum Gasteiger partial charge on any atom is 0.433 e. The van der Waals surface area contributed by atoms with Crippen molar-refractivity contribution in [2.45, 2.75) is 24.9 Å². The first-order valence-corrected chi connectivity index (χ1v) is 11.4. The van der Waals surface area contributed by atoms with Crippen LogP contribution >= 0.6 is 0 Å². The van der Waals surface area contributed by atoms with Crippen molar-refractivity contribution in [1.82, 2.24) is 14.5 Å². The van der Waals surface area contributed by atoms with Crippen molar-refractivity contribution in [1.29, 1.82) is 0 Å². The van der Waals surface area contributed by atoms with Crippen LogP contribution in [0, 0.1) is 0 Å². The monoisotopic (exact) mass is 466 g/mol. The van der Waals surface area contributed by atoms with Gasteiger partial charge in [0, 0.05) is 13.1 Å². The Morgan fingerprint density at radius 1 is 1.31 bits per heavy atom. The van der Waals surface area contributed by atoms with Crippen molar-refractivity contribution in [3.05, 3.63) is 47.5 Å². The van der Waals surface area contributed by atoms with Crippen LogP contribution in [0.25, 0.3) is 11.0 Å². The first-order chi connectivity index (χ1) is 15.2. The number of nitrogens with one attached hydrogen (secondary N) is 1. The zero-order valence-electron chi connectivity index (χ0n) is 17.4. The molecule has 7 nitrogen and oxygen atoms in total. The summed E-state index contributed by atoms with van der Waals surface area (Å²) in [5.41, 5.74) is 0.132. The van der Waals surface area contributed by atoms with Crippen molar-refractivity contribution in [3.8, 4) is 5.75 Å². The zero-order valence-corrected chi connectivity index (χ0v) is 18.2. The Labute approximate surface area is 185 Å². The molecule has 4 rings (SSSR count). The SMILES string of the molecule is COc1cc2nc(C3CCC[S+]([O-])C3)n(C)c2cc1NC(=O)c1cccc(C(F)(F)F)n1. The molecular weight excluding hydrogens is 445 g/mol. The molecule has 32 heavy (non-hydrogen) atoms. The van der Waals surface area contributed by atoms with Crippen LogP contribution in [0.2, 0.25) is 0 Å². The number of hydrogen-bond donors (Lipinski definition) is 1. The molecule has 0 radical (unpaired) electrons. The number of methoxy groups -OCH3 is 1. The van der Waals surface area contributed by atoms with Crippen LogP contribution in [-0.2, 0) is 24.4 Å². The summed E-state index contributed by atoms with van der Waals surface area (Å²) in [5, 5.41) is 2.59. The normalized spacial score (nSPS) is 19.2. The molecule has 1 fully saturated rings. The van der Waals surface area contributed by atoms with Crippen LogP contribution < -0.4 is 10.1 Å². The van der Waals surface area contributed by atoms with Gasteiger partial charge >= 0.3 is 6.18 Å². The fraction of sp³-hybridized carbons (Fsp3) is 0.381. The van der Waals surface area contributed by atoms with Crippen LogP contribution in [0.3, 0.4) is 0 Å². The second kappa shape index (κ2) is 8.62. The number of ether oxygens (including phenoxy) is 1. The summed E-state index contributed by atoms with van der Waals surface area (Å²) in [5.74, 6) is 1.65. The number of aromatic nitrogens is 3. The van der Waals surface area contributed by atoms with Crippen molar-refractivity contribution in [3.63, 3.8) is 0 Å². The molecule has 1 aliphatic rings. The quantitative estimate of drug-likeness (QED) is 0.590. The van der Waals surface area contributed by atoms with E-state index in [0.29, 0.717) is 28.3 Å². The number of carbonyl (C=O) groups excluding carboxylic acids is 1. The maximum atomic E-state index is 12.9. The predicted octanol–water partition coefficient (Wildman–Crippen LogP) is 3.87. The summed E-state index contributed by atoms with van der Waals surface area (Å²) in [6, 6.07) is 6.47. The van der Waals surface area contributed by atoms with Crippen molar-refractivity contribution in [2.75, 3.05) is 23.9 Å². The standard InChI is InChI=1S/C21H21F3N4O3S/c1-28-16-9-15(27-20(29)13-6-3-7-18(25-13)21(22,23)24)17(31-2)10-14(16)26-19(28)12-5-4-8-32(30)11-12/h3,6-7,9-10,12H,4-5,8,11H2,1-2H3,(H,27,29). The van der Waals surface area contributed by atoms with Crippen LogP contribution in [0.4, 0.5) is 18.9 Å². The van der Waals surface area contributed by atoms with Gasteiger partial charge in [0.2, 0.25) is 0 Å². The lowest BCUT2D eigenvalue weighted by molar-refractivity contribution is -0.141. The smallest absolute Gasteiger partial charge is 0.433 e. The highest BCUT2D eigenvalue weighted by molar-refractivity contribution is 7.91. The molecule has 2 atom stereocenters. The molecule has 0 saturated carbocycles. The number of pyridine rings is 1. The number of carbonyl (C=O) groups is 1. The van der Waals surface area contributed by atoms with E-state index < -0.39 is 29.0 Å². The second-order valence-corrected chi connectivity index (χ2v) is 9.20. The van der Waals surface area contributed by atoms with Crippen LogP contribution in [0.15, 0.2) is 30.3 Å². The summed E-state index contributed by atoms with van der Waals surface area (Å²) in [6.07, 6.45) is -2.89. The Kier molecular flexibility index (Phi) is 6.04. The maximum absolute atomic E-state index is 12.9. The Hall–Kier alpha value is -2.79. The van der Waals surface area contributed by atoms with E-state index in [-0.39, 0.29) is 17.3 Å². The molecule has 0 spiro atoms. The number of hydrogen-bond acceptors (Lipinski definition) is 5. The van der Waals surface area contributed by atoms with E-state index in [1.54, 1.807) is 12.1 Å². The average molecular weight is 466 g/mol. The van der Waals surface area contributed by atoms with E-state index in [9.17, 15) is 22.5 Å². The zero-order chi connectivity index (χ0) is 23.0. The topological polar surface area (TPSA) is 92.1 Å². The molecule has 3 aromatic rings. The Morgan fingerprint density at radius 3 is 2.78 bits per heavy atom. The minimum atomic E-state index is -4.65. The number of halogens is 3. The van der Waals surface area contributed by atoms with Gasteiger partial charge in [-0.3, -0.25) is 4.79 Å². The van der Waals surface area contributed by atoms with Gasteiger partial charge in [-0.2, -0.15) is 13.2 Å². The molecule has 3 heterocycles. The molecular formula is C21H21F3N4O3S. The Morgan fingerprint density at radius 2 is 2.09 bits per heavy atom. The number of nitrogens with zero attached hydrogens (tertiary/aromatic N) is 3. The number of rotatable bonds is 4. The summed E-state index contributed by atoms with van der Waals surface area (Å²) in [6.45, 7) is 0. The highest BCUT2D eigenvalue weighted by Crippen LogP contribution is 2.35. The predicted molar refractivity (Wildman–Crippen MR) is 114 cm³/mol. The highest BCUT2D eigenvalue weighted by atomic mass is 32.2. The van der Waals surface area contributed by atoms with Gasteiger partial charge in [-0.05, 0) is 31.0 Å². The number of imidazole rings is 1. The van der Waals surface area contributed by atoms with Crippen LogP contribution in [-0.4, -0.2) is 43.6 Å². The van der Waals surface area contributed by atoms with Gasteiger partial charge in [0.05, 0.1) is 29.7 Å². The molecule has 1 aromatic carbocycles. The molecule has 11 heteroatoms. The summed E-state index contributed by atoms with van der Waals surface area (Å²) in [4.78, 5) is 20.7. The number of fused-ring (bicyclic) bond motifs is 1. The third-order valence-corrected chi connectivity index (χ3v) is 6.95. The van der Waals surface area contributed by atoms with E-state index in [1.807, 2.05) is 11.6 Å². The third kappa shape index (κ3) is 4.40. The minimum Gasteiger partial charge on any atom is -0.616 e. The fourth-order valence-electron chi connectivity index (χ4n) is 3.86. The molecule has 1 amide bonds. The van der Waals surface area contributed by atoms with E-state index in [4.69, 9.17) is 9.72 Å². The van der Waals surface area contributed by atoms with E-state index >= 15 is 0 Å². The van der Waals surface area contributed by atoms with Gasteiger partial charge in [0.1, 0.15) is 34.5 Å². The Bertz CT molecular complexity index is 1170. The van der Waals surface area contributed by atoms with Gasteiger partial charge in [0.15, 0.2) is 0 Å². The molecule has 1 aliphatic heterocycles. The molecule has 0 bridgehead atoms. The lowest BCUT2D eigenvalue weighted by Crippen LogP contribution is -2.25. The first kappa shape index (κ1) is 22.4. The van der Waals surface area contributed by atoms with Gasteiger partial charge in [-0.15, -0.1) is 0 Å². The van der Waals surface area contributed by atoms with Crippen molar-refractivity contribution in [2.24, 2.45) is 7.05 Å². The lowest BCUT2D eigenvalue weighted by atomic mass is 10.1. The summed E-state index contributed by atoms with van der Waals surface area (Å²) in [7, 11) is 3.27. The third-order valence-electron chi connectivity index (χ3n) is 5.43. The molecule has 1 N–H and O–H groups in total.